The summed E-state index contributed by atoms with van der Waals surface area (Å²) in [7, 11) is 0. The fourth-order valence-electron chi connectivity index (χ4n) is 2.16. The lowest BCUT2D eigenvalue weighted by Gasteiger charge is -2.36. The molecule has 80 valence electrons. The predicted octanol–water partition coefficient (Wildman–Crippen LogP) is 3.08. The lowest BCUT2D eigenvalue weighted by molar-refractivity contribution is -0.116. The molecule has 0 radical (unpaired) electrons. The van der Waals surface area contributed by atoms with Crippen LogP contribution >= 0.6 is 0 Å². The fourth-order valence-corrected chi connectivity index (χ4v) is 2.16. The van der Waals surface area contributed by atoms with Gasteiger partial charge in [0.25, 0.3) is 0 Å². The van der Waals surface area contributed by atoms with E-state index in [2.05, 4.69) is 13.8 Å². The molecular formula is C12H20O2. The maximum Gasteiger partial charge on any atom is 0.159 e. The third-order valence-electron chi connectivity index (χ3n) is 3.32. The van der Waals surface area contributed by atoms with Crippen molar-refractivity contribution in [3.8, 4) is 0 Å². The summed E-state index contributed by atoms with van der Waals surface area (Å²) in [5.74, 6) is 1.13. The minimum atomic E-state index is 0.129. The van der Waals surface area contributed by atoms with Gasteiger partial charge in [0.05, 0.1) is 6.61 Å². The number of ketones is 1. The third kappa shape index (κ3) is 1.99. The summed E-state index contributed by atoms with van der Waals surface area (Å²) in [6.07, 6.45) is 5.45. The molecular weight excluding hydrogens is 176 g/mol. The van der Waals surface area contributed by atoms with Crippen LogP contribution in [0.3, 0.4) is 0 Å². The van der Waals surface area contributed by atoms with Gasteiger partial charge >= 0.3 is 0 Å². The SMILES string of the molecule is CCOC1=CC(=O)CCC1(CC)CC. The standard InChI is InChI=1S/C12H20O2/c1-4-12(5-2)8-7-10(13)9-11(12)14-6-3/h9H,4-8H2,1-3H3. The molecule has 0 aromatic carbocycles. The Kier molecular flexibility index (Phi) is 3.73. The van der Waals surface area contributed by atoms with Gasteiger partial charge in [0.15, 0.2) is 5.78 Å². The first kappa shape index (κ1) is 11.3. The first-order chi connectivity index (χ1) is 6.68. The lowest BCUT2D eigenvalue weighted by Crippen LogP contribution is -2.28. The molecule has 0 spiro atoms. The molecule has 0 heterocycles. The van der Waals surface area contributed by atoms with Crippen molar-refractivity contribution in [2.75, 3.05) is 6.61 Å². The van der Waals surface area contributed by atoms with Crippen LogP contribution in [0.15, 0.2) is 11.8 Å². The van der Waals surface area contributed by atoms with Crippen molar-refractivity contribution in [1.82, 2.24) is 0 Å². The van der Waals surface area contributed by atoms with E-state index in [1.54, 1.807) is 6.08 Å². The van der Waals surface area contributed by atoms with Crippen LogP contribution in [0.4, 0.5) is 0 Å². The summed E-state index contributed by atoms with van der Waals surface area (Å²) >= 11 is 0. The quantitative estimate of drug-likeness (QED) is 0.690. The van der Waals surface area contributed by atoms with Crippen LogP contribution in [-0.4, -0.2) is 12.4 Å². The summed E-state index contributed by atoms with van der Waals surface area (Å²) in [5, 5.41) is 0. The molecule has 0 fully saturated rings. The molecule has 1 rings (SSSR count). The van der Waals surface area contributed by atoms with E-state index in [0.29, 0.717) is 13.0 Å². The molecule has 0 atom stereocenters. The lowest BCUT2D eigenvalue weighted by atomic mass is 9.73. The zero-order valence-corrected chi connectivity index (χ0v) is 9.43. The second-order valence-electron chi connectivity index (χ2n) is 3.90. The van der Waals surface area contributed by atoms with Gasteiger partial charge in [-0.25, -0.2) is 0 Å². The Balaban J connectivity index is 2.93. The predicted molar refractivity (Wildman–Crippen MR) is 57.0 cm³/mol. The van der Waals surface area contributed by atoms with Crippen molar-refractivity contribution in [3.63, 3.8) is 0 Å². The Hall–Kier alpha value is -0.790. The molecule has 2 heteroatoms. The minimum Gasteiger partial charge on any atom is -0.498 e. The van der Waals surface area contributed by atoms with Gasteiger partial charge in [-0.15, -0.1) is 0 Å². The van der Waals surface area contributed by atoms with E-state index in [9.17, 15) is 4.79 Å². The Labute approximate surface area is 86.3 Å². The molecule has 0 bridgehead atoms. The van der Waals surface area contributed by atoms with Crippen LogP contribution in [0.1, 0.15) is 46.5 Å². The highest BCUT2D eigenvalue weighted by molar-refractivity contribution is 5.91. The Morgan fingerprint density at radius 2 is 2.00 bits per heavy atom. The highest BCUT2D eigenvalue weighted by Gasteiger charge is 2.35. The summed E-state index contributed by atoms with van der Waals surface area (Å²) in [4.78, 5) is 11.3. The number of hydrogen-bond acceptors (Lipinski definition) is 2. The maximum absolute atomic E-state index is 11.3. The zero-order valence-electron chi connectivity index (χ0n) is 9.43. The van der Waals surface area contributed by atoms with Crippen molar-refractivity contribution in [3.05, 3.63) is 11.8 Å². The topological polar surface area (TPSA) is 26.3 Å². The molecule has 14 heavy (non-hydrogen) atoms. The van der Waals surface area contributed by atoms with Crippen LogP contribution in [0.5, 0.6) is 0 Å². The van der Waals surface area contributed by atoms with Crippen LogP contribution in [0, 0.1) is 5.41 Å². The number of rotatable bonds is 4. The van der Waals surface area contributed by atoms with E-state index < -0.39 is 0 Å². The first-order valence-electron chi connectivity index (χ1n) is 5.56. The number of carbonyl (C=O) groups is 1. The second-order valence-corrected chi connectivity index (χ2v) is 3.90. The number of carbonyl (C=O) groups excluding carboxylic acids is 1. The Bertz CT molecular complexity index is 237. The Morgan fingerprint density at radius 3 is 2.50 bits per heavy atom. The van der Waals surface area contributed by atoms with Crippen molar-refractivity contribution in [2.45, 2.75) is 46.5 Å². The van der Waals surface area contributed by atoms with Crippen molar-refractivity contribution in [1.29, 1.82) is 0 Å². The monoisotopic (exact) mass is 196 g/mol. The van der Waals surface area contributed by atoms with Gasteiger partial charge in [0.1, 0.15) is 5.76 Å². The molecule has 0 aromatic heterocycles. The summed E-state index contributed by atoms with van der Waals surface area (Å²) in [5.41, 5.74) is 0.129. The first-order valence-corrected chi connectivity index (χ1v) is 5.56. The van der Waals surface area contributed by atoms with Crippen LogP contribution in [0.2, 0.25) is 0 Å². The normalized spacial score (nSPS) is 20.5. The highest BCUT2D eigenvalue weighted by Crippen LogP contribution is 2.42. The Morgan fingerprint density at radius 1 is 1.36 bits per heavy atom. The maximum atomic E-state index is 11.3. The highest BCUT2D eigenvalue weighted by atomic mass is 16.5. The number of allylic oxidation sites excluding steroid dienone is 2. The van der Waals surface area contributed by atoms with Crippen molar-refractivity contribution >= 4 is 5.78 Å². The summed E-state index contributed by atoms with van der Waals surface area (Å²) in [6, 6.07) is 0. The van der Waals surface area contributed by atoms with Crippen LogP contribution in [0.25, 0.3) is 0 Å². The average molecular weight is 196 g/mol. The third-order valence-corrected chi connectivity index (χ3v) is 3.32. The van der Waals surface area contributed by atoms with Gasteiger partial charge in [0, 0.05) is 17.9 Å². The smallest absolute Gasteiger partial charge is 0.159 e. The van der Waals surface area contributed by atoms with E-state index in [1.165, 1.54) is 0 Å². The van der Waals surface area contributed by atoms with Gasteiger partial charge < -0.3 is 4.74 Å². The van der Waals surface area contributed by atoms with E-state index >= 15 is 0 Å². The fraction of sp³-hybridized carbons (Fsp3) is 0.750. The van der Waals surface area contributed by atoms with Gasteiger partial charge in [-0.3, -0.25) is 4.79 Å². The van der Waals surface area contributed by atoms with Gasteiger partial charge in [-0.1, -0.05) is 13.8 Å². The molecule has 0 aliphatic heterocycles. The zero-order chi connectivity index (χ0) is 10.6. The summed E-state index contributed by atoms with van der Waals surface area (Å²) < 4.78 is 5.59. The van der Waals surface area contributed by atoms with E-state index in [1.807, 2.05) is 6.92 Å². The second kappa shape index (κ2) is 4.63. The van der Waals surface area contributed by atoms with Crippen LogP contribution in [-0.2, 0) is 9.53 Å². The molecule has 0 saturated heterocycles. The summed E-state index contributed by atoms with van der Waals surface area (Å²) in [6.45, 7) is 6.97. The number of ether oxygens (including phenoxy) is 1. The molecule has 0 unspecified atom stereocenters. The minimum absolute atomic E-state index is 0.129. The van der Waals surface area contributed by atoms with E-state index in [-0.39, 0.29) is 11.2 Å². The van der Waals surface area contributed by atoms with Gasteiger partial charge in [-0.2, -0.15) is 0 Å². The van der Waals surface area contributed by atoms with Crippen molar-refractivity contribution < 1.29 is 9.53 Å². The largest absolute Gasteiger partial charge is 0.498 e. The molecule has 0 saturated carbocycles. The van der Waals surface area contributed by atoms with Crippen LogP contribution < -0.4 is 0 Å². The molecule has 2 nitrogen and oxygen atoms in total. The molecule has 0 amide bonds. The molecule has 0 N–H and O–H groups in total. The van der Waals surface area contributed by atoms with Gasteiger partial charge in [0.2, 0.25) is 0 Å². The van der Waals surface area contributed by atoms with Gasteiger partial charge in [-0.05, 0) is 26.2 Å². The average Bonchev–Trinajstić information content (AvgIpc) is 2.20. The van der Waals surface area contributed by atoms with E-state index in [4.69, 9.17) is 4.74 Å². The molecule has 1 aliphatic carbocycles. The van der Waals surface area contributed by atoms with E-state index in [0.717, 1.165) is 25.0 Å². The molecule has 0 aromatic rings. The molecule has 1 aliphatic rings. The number of hydrogen-bond donors (Lipinski definition) is 0. The van der Waals surface area contributed by atoms with Crippen molar-refractivity contribution in [2.24, 2.45) is 5.41 Å².